The van der Waals surface area contributed by atoms with Crippen LogP contribution in [0.4, 0.5) is 0 Å². The third-order valence-corrected chi connectivity index (χ3v) is 3.33. The van der Waals surface area contributed by atoms with Crippen LogP contribution in [0.2, 0.25) is 0 Å². The molecule has 1 unspecified atom stereocenters. The van der Waals surface area contributed by atoms with Crippen molar-refractivity contribution in [1.82, 2.24) is 9.44 Å². The lowest BCUT2D eigenvalue weighted by molar-refractivity contribution is -0.139. The molecular weight excluding hydrogens is 220 g/mol. The maximum atomic E-state index is 11.4. The zero-order chi connectivity index (χ0) is 11.5. The Labute approximate surface area is 89.2 Å². The highest BCUT2D eigenvalue weighted by molar-refractivity contribution is 7.87. The molecule has 0 bridgehead atoms. The van der Waals surface area contributed by atoms with E-state index in [1.54, 1.807) is 0 Å². The van der Waals surface area contributed by atoms with Gasteiger partial charge in [-0.25, -0.2) is 4.72 Å². The van der Waals surface area contributed by atoms with E-state index in [2.05, 4.69) is 9.44 Å². The van der Waals surface area contributed by atoms with Gasteiger partial charge in [-0.3, -0.25) is 4.79 Å². The van der Waals surface area contributed by atoms with Gasteiger partial charge >= 0.3 is 5.97 Å². The molecule has 6 nitrogen and oxygen atoms in total. The van der Waals surface area contributed by atoms with Crippen LogP contribution in [-0.4, -0.2) is 32.1 Å². The maximum Gasteiger partial charge on any atom is 0.322 e. The Kier molecular flexibility index (Phi) is 4.06. The van der Waals surface area contributed by atoms with Crippen molar-refractivity contribution in [2.24, 2.45) is 5.92 Å². The van der Waals surface area contributed by atoms with E-state index in [0.717, 1.165) is 12.8 Å². The molecule has 0 saturated heterocycles. The summed E-state index contributed by atoms with van der Waals surface area (Å²) in [4.78, 5) is 10.8. The zero-order valence-corrected chi connectivity index (χ0v) is 9.38. The predicted octanol–water partition coefficient (Wildman–Crippen LogP) is -0.316. The summed E-state index contributed by atoms with van der Waals surface area (Å²) in [6, 6.07) is -0.987. The first-order chi connectivity index (χ1) is 6.96. The molecule has 0 amide bonds. The number of rotatable bonds is 7. The minimum absolute atomic E-state index is 0.0549. The van der Waals surface area contributed by atoms with Crippen molar-refractivity contribution in [3.8, 4) is 0 Å². The topological polar surface area (TPSA) is 95.5 Å². The van der Waals surface area contributed by atoms with Crippen molar-refractivity contribution in [3.63, 3.8) is 0 Å². The van der Waals surface area contributed by atoms with E-state index in [4.69, 9.17) is 5.11 Å². The molecular formula is C8H16N2O4S. The molecule has 7 heteroatoms. The number of hydrogen-bond donors (Lipinski definition) is 3. The molecule has 0 aromatic carbocycles. The standard InChI is InChI=1S/C8H16N2O4S/c1-2-5-9-15(13,14)10-7(8(11)12)6-3-4-6/h6-7,9-10H,2-5H2,1H3,(H,11,12). The smallest absolute Gasteiger partial charge is 0.322 e. The average molecular weight is 236 g/mol. The Hall–Kier alpha value is -0.660. The van der Waals surface area contributed by atoms with Gasteiger partial charge in [-0.2, -0.15) is 13.1 Å². The van der Waals surface area contributed by atoms with Crippen molar-refractivity contribution >= 4 is 16.2 Å². The van der Waals surface area contributed by atoms with Crippen molar-refractivity contribution in [1.29, 1.82) is 0 Å². The first-order valence-corrected chi connectivity index (χ1v) is 6.44. The van der Waals surface area contributed by atoms with Gasteiger partial charge < -0.3 is 5.11 Å². The fourth-order valence-electron chi connectivity index (χ4n) is 1.22. The number of aliphatic carboxylic acids is 1. The molecule has 1 aliphatic rings. The Bertz CT molecular complexity index is 324. The lowest BCUT2D eigenvalue weighted by Crippen LogP contribution is -2.47. The first-order valence-electron chi connectivity index (χ1n) is 4.96. The summed E-state index contributed by atoms with van der Waals surface area (Å²) in [6.07, 6.45) is 2.21. The molecule has 15 heavy (non-hydrogen) atoms. The molecule has 0 radical (unpaired) electrons. The van der Waals surface area contributed by atoms with Gasteiger partial charge in [-0.1, -0.05) is 6.92 Å². The summed E-state index contributed by atoms with van der Waals surface area (Å²) in [5, 5.41) is 8.82. The van der Waals surface area contributed by atoms with E-state index in [1.165, 1.54) is 0 Å². The molecule has 1 aliphatic carbocycles. The van der Waals surface area contributed by atoms with Gasteiger partial charge in [-0.15, -0.1) is 0 Å². The monoisotopic (exact) mass is 236 g/mol. The van der Waals surface area contributed by atoms with Crippen LogP contribution in [0.25, 0.3) is 0 Å². The summed E-state index contributed by atoms with van der Waals surface area (Å²) in [7, 11) is -3.67. The van der Waals surface area contributed by atoms with Crippen molar-refractivity contribution in [2.75, 3.05) is 6.54 Å². The van der Waals surface area contributed by atoms with Crippen LogP contribution in [0.1, 0.15) is 26.2 Å². The minimum Gasteiger partial charge on any atom is -0.480 e. The molecule has 3 N–H and O–H groups in total. The second-order valence-electron chi connectivity index (χ2n) is 3.67. The normalized spacial score (nSPS) is 18.7. The van der Waals surface area contributed by atoms with Crippen molar-refractivity contribution in [2.45, 2.75) is 32.2 Å². The molecule has 0 aliphatic heterocycles. The maximum absolute atomic E-state index is 11.4. The van der Waals surface area contributed by atoms with Crippen molar-refractivity contribution < 1.29 is 18.3 Å². The molecule has 88 valence electrons. The summed E-state index contributed by atoms with van der Waals surface area (Å²) in [5.74, 6) is -1.17. The Morgan fingerprint density at radius 1 is 1.53 bits per heavy atom. The highest BCUT2D eigenvalue weighted by atomic mass is 32.2. The van der Waals surface area contributed by atoms with E-state index in [9.17, 15) is 13.2 Å². The largest absolute Gasteiger partial charge is 0.480 e. The van der Waals surface area contributed by atoms with Crippen LogP contribution in [0, 0.1) is 5.92 Å². The fraction of sp³-hybridized carbons (Fsp3) is 0.875. The third-order valence-electron chi connectivity index (χ3n) is 2.18. The Morgan fingerprint density at radius 2 is 2.13 bits per heavy atom. The van der Waals surface area contributed by atoms with Gasteiger partial charge in [0.2, 0.25) is 0 Å². The van der Waals surface area contributed by atoms with E-state index in [1.807, 2.05) is 6.92 Å². The molecule has 1 atom stereocenters. The summed E-state index contributed by atoms with van der Waals surface area (Å²) < 4.78 is 27.1. The molecule has 1 saturated carbocycles. The number of carboxylic acid groups (broad SMARTS) is 1. The van der Waals surface area contributed by atoms with Gasteiger partial charge in [0.15, 0.2) is 0 Å². The van der Waals surface area contributed by atoms with E-state index >= 15 is 0 Å². The zero-order valence-electron chi connectivity index (χ0n) is 8.56. The molecule has 1 rings (SSSR count). The Morgan fingerprint density at radius 3 is 2.53 bits per heavy atom. The third kappa shape index (κ3) is 4.15. The quantitative estimate of drug-likeness (QED) is 0.564. The minimum atomic E-state index is -3.67. The number of carbonyl (C=O) groups is 1. The van der Waals surface area contributed by atoms with E-state index in [-0.39, 0.29) is 5.92 Å². The van der Waals surface area contributed by atoms with Crippen LogP contribution < -0.4 is 9.44 Å². The van der Waals surface area contributed by atoms with Crippen LogP contribution in [0.15, 0.2) is 0 Å². The van der Waals surface area contributed by atoms with Crippen LogP contribution in [0.3, 0.4) is 0 Å². The fourth-order valence-corrected chi connectivity index (χ4v) is 2.41. The SMILES string of the molecule is CCCNS(=O)(=O)NC(C(=O)O)C1CC1. The van der Waals surface area contributed by atoms with Crippen LogP contribution >= 0.6 is 0 Å². The second kappa shape index (κ2) is 4.91. The van der Waals surface area contributed by atoms with Gasteiger partial charge in [0, 0.05) is 6.54 Å². The van der Waals surface area contributed by atoms with Crippen LogP contribution in [-0.2, 0) is 15.0 Å². The highest BCUT2D eigenvalue weighted by Crippen LogP contribution is 2.32. The lowest BCUT2D eigenvalue weighted by Gasteiger charge is -2.13. The highest BCUT2D eigenvalue weighted by Gasteiger charge is 2.38. The lowest BCUT2D eigenvalue weighted by atomic mass is 10.2. The van der Waals surface area contributed by atoms with Gasteiger partial charge in [0.05, 0.1) is 0 Å². The molecule has 0 heterocycles. The van der Waals surface area contributed by atoms with Gasteiger partial charge in [0.1, 0.15) is 6.04 Å². The molecule has 1 fully saturated rings. The second-order valence-corrected chi connectivity index (χ2v) is 5.20. The number of nitrogens with one attached hydrogen (secondary N) is 2. The van der Waals surface area contributed by atoms with Crippen molar-refractivity contribution in [3.05, 3.63) is 0 Å². The molecule has 0 aromatic heterocycles. The average Bonchev–Trinajstić information content (AvgIpc) is 2.94. The molecule has 0 aromatic rings. The van der Waals surface area contributed by atoms with E-state index < -0.39 is 22.2 Å². The summed E-state index contributed by atoms with van der Waals surface area (Å²) in [5.41, 5.74) is 0. The number of carboxylic acids is 1. The first kappa shape index (κ1) is 12.4. The van der Waals surface area contributed by atoms with Gasteiger partial charge in [-0.05, 0) is 25.2 Å². The summed E-state index contributed by atoms with van der Waals surface area (Å²) >= 11 is 0. The van der Waals surface area contributed by atoms with Crippen LogP contribution in [0.5, 0.6) is 0 Å². The van der Waals surface area contributed by atoms with Gasteiger partial charge in [0.25, 0.3) is 10.2 Å². The Balaban J connectivity index is 2.53. The number of hydrogen-bond acceptors (Lipinski definition) is 3. The predicted molar refractivity (Wildman–Crippen MR) is 54.5 cm³/mol. The molecule has 0 spiro atoms. The summed E-state index contributed by atoms with van der Waals surface area (Å²) in [6.45, 7) is 2.14. The van der Waals surface area contributed by atoms with E-state index in [0.29, 0.717) is 13.0 Å².